The van der Waals surface area contributed by atoms with Gasteiger partial charge in [0, 0.05) is 12.2 Å². The summed E-state index contributed by atoms with van der Waals surface area (Å²) >= 11 is 0. The normalized spacial score (nSPS) is 14.7. The van der Waals surface area contributed by atoms with Gasteiger partial charge in [0.15, 0.2) is 5.69 Å². The van der Waals surface area contributed by atoms with Crippen molar-refractivity contribution in [1.82, 2.24) is 15.0 Å². The van der Waals surface area contributed by atoms with E-state index < -0.39 is 10.0 Å². The standard InChI is InChI=1S/C11H12N4O3S/c12-6-9-10(2-1-5-13-9)19(17,18)14-7-11(16)15-8-3-4-8/h1-2,5,8,14H,3-4,7H2,(H,15,16). The molecule has 1 aromatic heterocycles. The monoisotopic (exact) mass is 280 g/mol. The number of aromatic nitrogens is 1. The van der Waals surface area contributed by atoms with E-state index >= 15 is 0 Å². The van der Waals surface area contributed by atoms with Gasteiger partial charge in [0.2, 0.25) is 15.9 Å². The van der Waals surface area contributed by atoms with Gasteiger partial charge in [-0.05, 0) is 25.0 Å². The fraction of sp³-hybridized carbons (Fsp3) is 0.364. The minimum atomic E-state index is -3.91. The number of hydrogen-bond acceptors (Lipinski definition) is 5. The highest BCUT2D eigenvalue weighted by atomic mass is 32.2. The van der Waals surface area contributed by atoms with Crippen molar-refractivity contribution in [3.05, 3.63) is 24.0 Å². The smallest absolute Gasteiger partial charge is 0.243 e. The van der Waals surface area contributed by atoms with E-state index in [0.717, 1.165) is 12.8 Å². The first-order chi connectivity index (χ1) is 9.03. The first-order valence-corrected chi connectivity index (χ1v) is 7.15. The Morgan fingerprint density at radius 2 is 2.26 bits per heavy atom. The second-order valence-corrected chi connectivity index (χ2v) is 5.86. The Kier molecular flexibility index (Phi) is 3.78. The van der Waals surface area contributed by atoms with Crippen LogP contribution in [0.4, 0.5) is 0 Å². The first kappa shape index (κ1) is 13.5. The predicted octanol–water partition coefficient (Wildman–Crippen LogP) is -0.490. The van der Waals surface area contributed by atoms with Gasteiger partial charge in [-0.2, -0.15) is 5.26 Å². The van der Waals surface area contributed by atoms with E-state index in [9.17, 15) is 13.2 Å². The second-order valence-electron chi connectivity index (χ2n) is 4.13. The van der Waals surface area contributed by atoms with Crippen LogP contribution in [0.2, 0.25) is 0 Å². The third kappa shape index (κ3) is 3.49. The van der Waals surface area contributed by atoms with Gasteiger partial charge in [-0.1, -0.05) is 0 Å². The van der Waals surface area contributed by atoms with Crippen molar-refractivity contribution in [3.8, 4) is 6.07 Å². The van der Waals surface area contributed by atoms with Gasteiger partial charge in [0.25, 0.3) is 0 Å². The van der Waals surface area contributed by atoms with Gasteiger partial charge in [-0.25, -0.2) is 18.1 Å². The van der Waals surface area contributed by atoms with Gasteiger partial charge in [-0.15, -0.1) is 0 Å². The van der Waals surface area contributed by atoms with E-state index in [0.29, 0.717) is 0 Å². The summed E-state index contributed by atoms with van der Waals surface area (Å²) in [6.07, 6.45) is 3.19. The van der Waals surface area contributed by atoms with Crippen molar-refractivity contribution in [2.45, 2.75) is 23.8 Å². The summed E-state index contributed by atoms with van der Waals surface area (Å²) in [5.74, 6) is -0.381. The van der Waals surface area contributed by atoms with E-state index in [-0.39, 0.29) is 29.1 Å². The molecule has 1 aliphatic rings. The molecule has 8 heteroatoms. The summed E-state index contributed by atoms with van der Waals surface area (Å²) < 4.78 is 26.0. The Labute approximate surface area is 110 Å². The van der Waals surface area contributed by atoms with Crippen LogP contribution in [-0.2, 0) is 14.8 Å². The Bertz CT molecular complexity index is 632. The summed E-state index contributed by atoms with van der Waals surface area (Å²) in [5.41, 5.74) is -0.197. The molecule has 0 aromatic carbocycles. The zero-order valence-electron chi connectivity index (χ0n) is 9.96. The van der Waals surface area contributed by atoms with Crippen LogP contribution < -0.4 is 10.0 Å². The lowest BCUT2D eigenvalue weighted by atomic mass is 10.4. The minimum Gasteiger partial charge on any atom is -0.352 e. The Hall–Kier alpha value is -1.98. The van der Waals surface area contributed by atoms with E-state index in [1.807, 2.05) is 0 Å². The molecule has 1 heterocycles. The van der Waals surface area contributed by atoms with Crippen LogP contribution in [-0.4, -0.2) is 31.9 Å². The molecule has 0 unspecified atom stereocenters. The highest BCUT2D eigenvalue weighted by Crippen LogP contribution is 2.18. The summed E-state index contributed by atoms with van der Waals surface area (Å²) in [7, 11) is -3.91. The molecule has 0 bridgehead atoms. The first-order valence-electron chi connectivity index (χ1n) is 5.67. The number of sulfonamides is 1. The largest absolute Gasteiger partial charge is 0.352 e. The number of nitrogens with zero attached hydrogens (tertiary/aromatic N) is 2. The summed E-state index contributed by atoms with van der Waals surface area (Å²) in [5, 5.41) is 11.5. The maximum atomic E-state index is 11.9. The number of carbonyl (C=O) groups excluding carboxylic acids is 1. The zero-order chi connectivity index (χ0) is 13.9. The van der Waals surface area contributed by atoms with Gasteiger partial charge in [0.1, 0.15) is 11.0 Å². The number of hydrogen-bond donors (Lipinski definition) is 2. The molecule has 19 heavy (non-hydrogen) atoms. The number of nitrogens with one attached hydrogen (secondary N) is 2. The van der Waals surface area contributed by atoms with Crippen molar-refractivity contribution < 1.29 is 13.2 Å². The average molecular weight is 280 g/mol. The van der Waals surface area contributed by atoms with Crippen molar-refractivity contribution in [2.24, 2.45) is 0 Å². The maximum absolute atomic E-state index is 11.9. The van der Waals surface area contributed by atoms with Crippen molar-refractivity contribution in [1.29, 1.82) is 5.26 Å². The number of pyridine rings is 1. The Morgan fingerprint density at radius 1 is 1.53 bits per heavy atom. The van der Waals surface area contributed by atoms with Crippen LogP contribution in [0.25, 0.3) is 0 Å². The van der Waals surface area contributed by atoms with Crippen LogP contribution >= 0.6 is 0 Å². The molecule has 1 fully saturated rings. The molecule has 0 spiro atoms. The van der Waals surface area contributed by atoms with Crippen LogP contribution in [0.3, 0.4) is 0 Å². The Morgan fingerprint density at radius 3 is 2.89 bits per heavy atom. The molecule has 0 atom stereocenters. The lowest BCUT2D eigenvalue weighted by molar-refractivity contribution is -0.120. The molecule has 2 rings (SSSR count). The molecule has 0 radical (unpaired) electrons. The number of rotatable bonds is 5. The summed E-state index contributed by atoms with van der Waals surface area (Å²) in [4.78, 5) is 14.9. The molecular formula is C11H12N4O3S. The Balaban J connectivity index is 2.05. The molecule has 0 saturated heterocycles. The third-order valence-corrected chi connectivity index (χ3v) is 3.96. The lowest BCUT2D eigenvalue weighted by Crippen LogP contribution is -2.38. The number of carbonyl (C=O) groups is 1. The highest BCUT2D eigenvalue weighted by molar-refractivity contribution is 7.89. The van der Waals surface area contributed by atoms with E-state index in [1.165, 1.54) is 18.3 Å². The van der Waals surface area contributed by atoms with Gasteiger partial charge >= 0.3 is 0 Å². The fourth-order valence-corrected chi connectivity index (χ4v) is 2.52. The molecule has 1 aromatic rings. The summed E-state index contributed by atoms with van der Waals surface area (Å²) in [6, 6.07) is 4.56. The maximum Gasteiger partial charge on any atom is 0.243 e. The van der Waals surface area contributed by atoms with Crippen molar-refractivity contribution >= 4 is 15.9 Å². The number of amides is 1. The molecular weight excluding hydrogens is 268 g/mol. The molecule has 1 amide bonds. The number of nitriles is 1. The van der Waals surface area contributed by atoms with Crippen LogP contribution in [0.15, 0.2) is 23.2 Å². The van der Waals surface area contributed by atoms with Crippen molar-refractivity contribution in [2.75, 3.05) is 6.54 Å². The van der Waals surface area contributed by atoms with Crippen LogP contribution in [0.1, 0.15) is 18.5 Å². The SMILES string of the molecule is N#Cc1ncccc1S(=O)(=O)NCC(=O)NC1CC1. The van der Waals surface area contributed by atoms with E-state index in [2.05, 4.69) is 15.0 Å². The minimum absolute atomic E-state index is 0.171. The molecule has 1 saturated carbocycles. The molecule has 1 aliphatic carbocycles. The molecule has 0 aliphatic heterocycles. The lowest BCUT2D eigenvalue weighted by Gasteiger charge is -2.07. The van der Waals surface area contributed by atoms with Crippen LogP contribution in [0, 0.1) is 11.3 Å². The van der Waals surface area contributed by atoms with Gasteiger partial charge in [0.05, 0.1) is 6.54 Å². The fourth-order valence-electron chi connectivity index (χ4n) is 1.44. The third-order valence-electron chi connectivity index (χ3n) is 2.53. The second kappa shape index (κ2) is 5.34. The molecule has 7 nitrogen and oxygen atoms in total. The van der Waals surface area contributed by atoms with Crippen LogP contribution in [0.5, 0.6) is 0 Å². The average Bonchev–Trinajstić information content (AvgIpc) is 3.20. The quantitative estimate of drug-likeness (QED) is 0.756. The summed E-state index contributed by atoms with van der Waals surface area (Å²) in [6.45, 7) is -0.349. The topological polar surface area (TPSA) is 112 Å². The van der Waals surface area contributed by atoms with E-state index in [1.54, 1.807) is 6.07 Å². The zero-order valence-corrected chi connectivity index (χ0v) is 10.8. The highest BCUT2D eigenvalue weighted by Gasteiger charge is 2.25. The predicted molar refractivity (Wildman–Crippen MR) is 65.3 cm³/mol. The van der Waals surface area contributed by atoms with Crippen molar-refractivity contribution in [3.63, 3.8) is 0 Å². The van der Waals surface area contributed by atoms with Gasteiger partial charge in [-0.3, -0.25) is 4.79 Å². The van der Waals surface area contributed by atoms with E-state index in [4.69, 9.17) is 5.26 Å². The molecule has 100 valence electrons. The van der Waals surface area contributed by atoms with Gasteiger partial charge < -0.3 is 5.32 Å². The molecule has 2 N–H and O–H groups in total.